The van der Waals surface area contributed by atoms with Gasteiger partial charge in [0.25, 0.3) is 5.91 Å². The van der Waals surface area contributed by atoms with Gasteiger partial charge in [-0.3, -0.25) is 9.59 Å². The number of rotatable bonds is 7. The summed E-state index contributed by atoms with van der Waals surface area (Å²) in [6, 6.07) is 26.2. The summed E-state index contributed by atoms with van der Waals surface area (Å²) < 4.78 is 13.5. The molecular formula is C31H29ClFN5O2. The van der Waals surface area contributed by atoms with Crippen molar-refractivity contribution in [3.63, 3.8) is 0 Å². The predicted molar refractivity (Wildman–Crippen MR) is 153 cm³/mol. The van der Waals surface area contributed by atoms with E-state index in [2.05, 4.69) is 15.1 Å². The molecule has 0 atom stereocenters. The quantitative estimate of drug-likeness (QED) is 0.308. The van der Waals surface area contributed by atoms with Crippen molar-refractivity contribution in [1.82, 2.24) is 20.0 Å². The molecule has 5 rings (SSSR count). The van der Waals surface area contributed by atoms with Gasteiger partial charge in [0.15, 0.2) is 5.82 Å². The third-order valence-corrected chi connectivity index (χ3v) is 7.22. The lowest BCUT2D eigenvalue weighted by molar-refractivity contribution is -0.131. The zero-order valence-electron chi connectivity index (χ0n) is 21.9. The Hall–Kier alpha value is -4.30. The van der Waals surface area contributed by atoms with E-state index in [4.69, 9.17) is 11.6 Å². The summed E-state index contributed by atoms with van der Waals surface area (Å²) in [6.07, 6.45) is 0.754. The Morgan fingerprint density at radius 3 is 2.30 bits per heavy atom. The molecule has 4 aromatic rings. The van der Waals surface area contributed by atoms with Crippen LogP contribution in [0.1, 0.15) is 22.3 Å². The number of aromatic nitrogens is 2. The second-order valence-electron chi connectivity index (χ2n) is 9.63. The maximum absolute atomic E-state index is 13.5. The normalized spacial score (nSPS) is 13.6. The topological polar surface area (TPSA) is 69.6 Å². The summed E-state index contributed by atoms with van der Waals surface area (Å²) in [7, 11) is 0. The maximum Gasteiger partial charge on any atom is 0.254 e. The molecule has 0 bridgehead atoms. The monoisotopic (exact) mass is 557 g/mol. The van der Waals surface area contributed by atoms with Gasteiger partial charge in [-0.1, -0.05) is 60.1 Å². The molecule has 7 nitrogen and oxygen atoms in total. The minimum atomic E-state index is -0.417. The van der Waals surface area contributed by atoms with Crippen molar-refractivity contribution in [1.29, 1.82) is 0 Å². The number of benzene rings is 3. The Morgan fingerprint density at radius 2 is 1.57 bits per heavy atom. The van der Waals surface area contributed by atoms with Gasteiger partial charge in [-0.05, 0) is 54.4 Å². The molecule has 1 aliphatic rings. The minimum absolute atomic E-state index is 0.0720. The van der Waals surface area contributed by atoms with Gasteiger partial charge in [0.05, 0.1) is 10.7 Å². The van der Waals surface area contributed by atoms with Crippen molar-refractivity contribution < 1.29 is 14.0 Å². The zero-order chi connectivity index (χ0) is 27.9. The third kappa shape index (κ3) is 6.63. The van der Waals surface area contributed by atoms with Gasteiger partial charge in [-0.15, -0.1) is 10.2 Å². The van der Waals surface area contributed by atoms with Crippen molar-refractivity contribution in [3.05, 3.63) is 113 Å². The van der Waals surface area contributed by atoms with Crippen LogP contribution in [0.15, 0.2) is 91.0 Å². The fourth-order valence-corrected chi connectivity index (χ4v) is 4.98. The second kappa shape index (κ2) is 12.7. The number of nitrogens with zero attached hydrogens (tertiary/aromatic N) is 5. The number of carbonyl (C=O) groups excluding carboxylic acids is 2. The minimum Gasteiger partial charge on any atom is -0.353 e. The molecule has 40 heavy (non-hydrogen) atoms. The van der Waals surface area contributed by atoms with E-state index >= 15 is 0 Å². The van der Waals surface area contributed by atoms with E-state index in [-0.39, 0.29) is 24.9 Å². The van der Waals surface area contributed by atoms with Crippen LogP contribution in [-0.2, 0) is 11.3 Å². The second-order valence-corrected chi connectivity index (χ2v) is 10.0. The average Bonchev–Trinajstić information content (AvgIpc) is 3.24. The summed E-state index contributed by atoms with van der Waals surface area (Å²) in [5, 5.41) is 9.42. The molecule has 0 aliphatic carbocycles. The number of carbonyl (C=O) groups is 2. The highest BCUT2D eigenvalue weighted by Gasteiger charge is 2.25. The molecule has 1 aromatic heterocycles. The molecule has 1 saturated heterocycles. The molecule has 2 amide bonds. The first-order chi connectivity index (χ1) is 19.5. The molecule has 0 radical (unpaired) electrons. The van der Waals surface area contributed by atoms with Crippen molar-refractivity contribution in [3.8, 4) is 11.3 Å². The third-order valence-electron chi connectivity index (χ3n) is 6.89. The van der Waals surface area contributed by atoms with Gasteiger partial charge in [-0.25, -0.2) is 4.39 Å². The fraction of sp³-hybridized carbons (Fsp3) is 0.226. The van der Waals surface area contributed by atoms with E-state index in [1.807, 2.05) is 66.7 Å². The lowest BCUT2D eigenvalue weighted by atomic mass is 10.1. The lowest BCUT2D eigenvalue weighted by Crippen LogP contribution is -2.44. The van der Waals surface area contributed by atoms with Crippen LogP contribution in [0.3, 0.4) is 0 Å². The van der Waals surface area contributed by atoms with Crippen molar-refractivity contribution in [2.45, 2.75) is 13.0 Å². The highest BCUT2D eigenvalue weighted by Crippen LogP contribution is 2.26. The number of anilines is 1. The van der Waals surface area contributed by atoms with Crippen LogP contribution in [0.25, 0.3) is 11.3 Å². The molecule has 1 fully saturated rings. The van der Waals surface area contributed by atoms with E-state index < -0.39 is 5.82 Å². The van der Waals surface area contributed by atoms with Crippen LogP contribution in [0, 0.1) is 5.82 Å². The summed E-state index contributed by atoms with van der Waals surface area (Å²) in [5.41, 5.74) is 2.77. The van der Waals surface area contributed by atoms with Gasteiger partial charge in [-0.2, -0.15) is 0 Å². The predicted octanol–water partition coefficient (Wildman–Crippen LogP) is 5.32. The van der Waals surface area contributed by atoms with Crippen molar-refractivity contribution >= 4 is 29.2 Å². The Labute approximate surface area is 237 Å². The molecule has 204 valence electrons. The number of hydrogen-bond acceptors (Lipinski definition) is 5. The van der Waals surface area contributed by atoms with Crippen LogP contribution < -0.4 is 4.90 Å². The van der Waals surface area contributed by atoms with Gasteiger partial charge < -0.3 is 14.7 Å². The van der Waals surface area contributed by atoms with Crippen LogP contribution >= 0.6 is 11.6 Å². The maximum atomic E-state index is 13.5. The Morgan fingerprint density at radius 1 is 0.825 bits per heavy atom. The van der Waals surface area contributed by atoms with Crippen LogP contribution in [0.2, 0.25) is 5.02 Å². The average molecular weight is 558 g/mol. The molecule has 9 heteroatoms. The van der Waals surface area contributed by atoms with E-state index in [9.17, 15) is 14.0 Å². The molecular weight excluding hydrogens is 529 g/mol. The summed E-state index contributed by atoms with van der Waals surface area (Å²) >= 11 is 6.30. The molecule has 0 N–H and O–H groups in total. The Balaban J connectivity index is 1.25. The highest BCUT2D eigenvalue weighted by molar-refractivity contribution is 6.33. The summed E-state index contributed by atoms with van der Waals surface area (Å²) in [4.78, 5) is 32.2. The Bertz CT molecular complexity index is 1450. The molecule has 2 heterocycles. The fourth-order valence-electron chi connectivity index (χ4n) is 4.74. The first-order valence-corrected chi connectivity index (χ1v) is 13.6. The molecule has 0 spiro atoms. The van der Waals surface area contributed by atoms with Gasteiger partial charge in [0.2, 0.25) is 5.91 Å². The van der Waals surface area contributed by atoms with Crippen LogP contribution in [-0.4, -0.2) is 64.5 Å². The zero-order valence-corrected chi connectivity index (χ0v) is 22.7. The first-order valence-electron chi connectivity index (χ1n) is 13.2. The SMILES string of the molecule is O=C(CN(Cc1ccccc1)C(=O)c1ccc(F)cc1)N1CCCN(c2ccc(-c3ccccc3Cl)nn2)CC1. The number of amides is 2. The van der Waals surface area contributed by atoms with Gasteiger partial charge in [0.1, 0.15) is 12.4 Å². The first kappa shape index (κ1) is 27.3. The van der Waals surface area contributed by atoms with Crippen molar-refractivity contribution in [2.24, 2.45) is 0 Å². The number of hydrogen-bond donors (Lipinski definition) is 0. The van der Waals surface area contributed by atoms with E-state index in [1.54, 1.807) is 4.90 Å². The molecule has 0 unspecified atom stereocenters. The van der Waals surface area contributed by atoms with Crippen molar-refractivity contribution in [2.75, 3.05) is 37.6 Å². The largest absolute Gasteiger partial charge is 0.353 e. The number of halogens is 2. The standard InChI is InChI=1S/C31H29ClFN5O2/c32-27-10-5-4-9-26(27)28-15-16-29(35-34-28)36-17-6-18-37(20-19-36)30(39)22-38(21-23-7-2-1-3-8-23)31(40)24-11-13-25(33)14-12-24/h1-5,7-16H,6,17-22H2. The molecule has 3 aromatic carbocycles. The molecule has 0 saturated carbocycles. The smallest absolute Gasteiger partial charge is 0.254 e. The van der Waals surface area contributed by atoms with E-state index in [0.29, 0.717) is 35.9 Å². The summed E-state index contributed by atoms with van der Waals surface area (Å²) in [5.74, 6) is -0.127. The van der Waals surface area contributed by atoms with Gasteiger partial charge >= 0.3 is 0 Å². The van der Waals surface area contributed by atoms with E-state index in [0.717, 1.165) is 29.9 Å². The van der Waals surface area contributed by atoms with Crippen LogP contribution in [0.4, 0.5) is 10.2 Å². The van der Waals surface area contributed by atoms with Crippen LogP contribution in [0.5, 0.6) is 0 Å². The van der Waals surface area contributed by atoms with E-state index in [1.165, 1.54) is 29.2 Å². The molecule has 1 aliphatic heterocycles. The van der Waals surface area contributed by atoms with Gasteiger partial charge in [0, 0.05) is 43.9 Å². The highest BCUT2D eigenvalue weighted by atomic mass is 35.5. The Kier molecular flexibility index (Phi) is 8.66. The summed E-state index contributed by atoms with van der Waals surface area (Å²) in [6.45, 7) is 2.59. The lowest BCUT2D eigenvalue weighted by Gasteiger charge is -2.27.